The number of nitrogens with zero attached hydrogens (tertiary/aromatic N) is 2. The van der Waals surface area contributed by atoms with Crippen LogP contribution in [0.25, 0.3) is 5.65 Å². The van der Waals surface area contributed by atoms with Crippen LogP contribution in [0.4, 0.5) is 8.78 Å². The summed E-state index contributed by atoms with van der Waals surface area (Å²) in [5.74, 6) is 0.706. The van der Waals surface area contributed by atoms with Crippen LogP contribution in [0, 0.1) is 0 Å². The maximum atomic E-state index is 12.5. The van der Waals surface area contributed by atoms with Gasteiger partial charge in [0.05, 0.1) is 0 Å². The Morgan fingerprint density at radius 1 is 1.38 bits per heavy atom. The Kier molecular flexibility index (Phi) is 2.49. The van der Waals surface area contributed by atoms with Crippen molar-refractivity contribution in [1.29, 1.82) is 0 Å². The van der Waals surface area contributed by atoms with Crippen LogP contribution in [0.2, 0.25) is 0 Å². The van der Waals surface area contributed by atoms with Gasteiger partial charge in [-0.05, 0) is 6.07 Å². The van der Waals surface area contributed by atoms with E-state index in [9.17, 15) is 13.6 Å². The first-order chi connectivity index (χ1) is 7.49. The molecule has 0 fully saturated rings. The van der Waals surface area contributed by atoms with Crippen molar-refractivity contribution in [2.24, 2.45) is 0 Å². The molecule has 16 heavy (non-hydrogen) atoms. The summed E-state index contributed by atoms with van der Waals surface area (Å²) in [7, 11) is 0. The van der Waals surface area contributed by atoms with Crippen molar-refractivity contribution >= 4 is 5.65 Å². The number of halogens is 2. The summed E-state index contributed by atoms with van der Waals surface area (Å²) in [5, 5.41) is 2.78. The second-order valence-electron chi connectivity index (χ2n) is 3.88. The highest BCUT2D eigenvalue weighted by Gasteiger charge is 2.13. The molecule has 0 atom stereocenters. The molecule has 4 nitrogen and oxygen atoms in total. The van der Waals surface area contributed by atoms with Crippen LogP contribution in [0.1, 0.15) is 37.6 Å². The molecule has 0 radical (unpaired) electrons. The molecule has 0 aliphatic heterocycles. The molecule has 6 heteroatoms. The van der Waals surface area contributed by atoms with E-state index < -0.39 is 12.0 Å². The smallest absolute Gasteiger partial charge is 0.271 e. The molecule has 0 saturated heterocycles. The minimum atomic E-state index is -2.66. The van der Waals surface area contributed by atoms with E-state index in [1.165, 1.54) is 10.6 Å². The molecule has 0 bridgehead atoms. The van der Waals surface area contributed by atoms with Crippen molar-refractivity contribution in [1.82, 2.24) is 14.6 Å². The van der Waals surface area contributed by atoms with Crippen molar-refractivity contribution in [2.75, 3.05) is 0 Å². The molecule has 86 valence electrons. The average molecular weight is 227 g/mol. The quantitative estimate of drug-likeness (QED) is 0.853. The van der Waals surface area contributed by atoms with Crippen molar-refractivity contribution in [3.8, 4) is 0 Å². The van der Waals surface area contributed by atoms with Gasteiger partial charge in [0.2, 0.25) is 0 Å². The molecule has 0 spiro atoms. The van der Waals surface area contributed by atoms with Crippen molar-refractivity contribution in [2.45, 2.75) is 26.2 Å². The zero-order chi connectivity index (χ0) is 11.9. The van der Waals surface area contributed by atoms with Crippen LogP contribution in [0.3, 0.4) is 0 Å². The van der Waals surface area contributed by atoms with E-state index in [0.717, 1.165) is 6.07 Å². The van der Waals surface area contributed by atoms with Gasteiger partial charge in [-0.1, -0.05) is 13.8 Å². The molecule has 0 unspecified atom stereocenters. The highest BCUT2D eigenvalue weighted by molar-refractivity contribution is 5.41. The monoisotopic (exact) mass is 227 g/mol. The molecule has 2 aromatic rings. The molecule has 2 heterocycles. The van der Waals surface area contributed by atoms with Gasteiger partial charge in [0, 0.05) is 17.5 Å². The number of fused-ring (bicyclic) bond motifs is 1. The summed E-state index contributed by atoms with van der Waals surface area (Å²) in [4.78, 5) is 15.6. The van der Waals surface area contributed by atoms with Gasteiger partial charge in [-0.25, -0.2) is 18.3 Å². The van der Waals surface area contributed by atoms with E-state index in [4.69, 9.17) is 0 Å². The number of hydrogen-bond acceptors (Lipinski definition) is 2. The van der Waals surface area contributed by atoms with Crippen LogP contribution in [0.15, 0.2) is 16.9 Å². The number of hydrogen-bond donors (Lipinski definition) is 1. The van der Waals surface area contributed by atoms with Crippen molar-refractivity contribution in [3.05, 3.63) is 33.9 Å². The van der Waals surface area contributed by atoms with E-state index in [1.807, 2.05) is 13.8 Å². The summed E-state index contributed by atoms with van der Waals surface area (Å²) >= 11 is 0. The molecular formula is C10H11F2N3O. The standard InChI is InChI=1S/C10H11F2N3O/c1-5(2)10-13-7-3-6(9(11)12)4-8(16)15(7)14-10/h3-5,9H,1-2H3,(H,13,14). The maximum absolute atomic E-state index is 12.5. The molecule has 2 aromatic heterocycles. The van der Waals surface area contributed by atoms with E-state index in [1.54, 1.807) is 0 Å². The fraction of sp³-hybridized carbons (Fsp3) is 0.400. The third kappa shape index (κ3) is 1.70. The molecule has 0 aliphatic rings. The normalized spacial score (nSPS) is 11.9. The number of pyridine rings is 1. The summed E-state index contributed by atoms with van der Waals surface area (Å²) < 4.78 is 26.1. The molecule has 0 saturated carbocycles. The maximum Gasteiger partial charge on any atom is 0.271 e. The van der Waals surface area contributed by atoms with Gasteiger partial charge in [-0.2, -0.15) is 0 Å². The van der Waals surface area contributed by atoms with Gasteiger partial charge in [0.25, 0.3) is 12.0 Å². The van der Waals surface area contributed by atoms with Gasteiger partial charge in [-0.15, -0.1) is 0 Å². The number of nitrogens with one attached hydrogen (secondary N) is 1. The van der Waals surface area contributed by atoms with Gasteiger partial charge < -0.3 is 0 Å². The number of aromatic amines is 1. The Balaban J connectivity index is 2.68. The van der Waals surface area contributed by atoms with Gasteiger partial charge in [0.1, 0.15) is 5.82 Å². The van der Waals surface area contributed by atoms with Crippen LogP contribution < -0.4 is 5.56 Å². The Morgan fingerprint density at radius 2 is 2.06 bits per heavy atom. The predicted octanol–water partition coefficient (Wildman–Crippen LogP) is 2.08. The highest BCUT2D eigenvalue weighted by atomic mass is 19.3. The lowest BCUT2D eigenvalue weighted by Gasteiger charge is -1.97. The van der Waals surface area contributed by atoms with Crippen LogP contribution >= 0.6 is 0 Å². The zero-order valence-electron chi connectivity index (χ0n) is 8.87. The van der Waals surface area contributed by atoms with Crippen LogP contribution in [-0.2, 0) is 0 Å². The number of H-pyrrole nitrogens is 1. The highest BCUT2D eigenvalue weighted by Crippen LogP contribution is 2.18. The largest absolute Gasteiger partial charge is 0.276 e. The van der Waals surface area contributed by atoms with E-state index in [-0.39, 0.29) is 17.1 Å². The number of aromatic nitrogens is 3. The third-order valence-electron chi connectivity index (χ3n) is 2.30. The topological polar surface area (TPSA) is 50.2 Å². The Hall–Kier alpha value is -1.72. The van der Waals surface area contributed by atoms with Gasteiger partial charge in [0.15, 0.2) is 5.65 Å². The van der Waals surface area contributed by atoms with Crippen LogP contribution in [0.5, 0.6) is 0 Å². The lowest BCUT2D eigenvalue weighted by atomic mass is 10.2. The second kappa shape index (κ2) is 3.70. The molecule has 0 amide bonds. The predicted molar refractivity (Wildman–Crippen MR) is 54.9 cm³/mol. The minimum Gasteiger partial charge on any atom is -0.276 e. The minimum absolute atomic E-state index is 0.106. The third-order valence-corrected chi connectivity index (χ3v) is 2.30. The lowest BCUT2D eigenvalue weighted by molar-refractivity contribution is 0.151. The number of alkyl halides is 2. The summed E-state index contributed by atoms with van der Waals surface area (Å²) in [6, 6.07) is 2.13. The zero-order valence-corrected chi connectivity index (χ0v) is 8.87. The first kappa shape index (κ1) is 10.8. The van der Waals surface area contributed by atoms with E-state index >= 15 is 0 Å². The SMILES string of the molecule is CC(C)c1nc2cc(C(F)F)cc(=O)n2[nH]1. The van der Waals surface area contributed by atoms with E-state index in [0.29, 0.717) is 5.82 Å². The van der Waals surface area contributed by atoms with Gasteiger partial charge >= 0.3 is 0 Å². The Bertz CT molecular complexity index is 571. The Morgan fingerprint density at radius 3 is 2.62 bits per heavy atom. The van der Waals surface area contributed by atoms with Crippen molar-refractivity contribution < 1.29 is 8.78 Å². The fourth-order valence-corrected chi connectivity index (χ4v) is 1.42. The van der Waals surface area contributed by atoms with Crippen molar-refractivity contribution in [3.63, 3.8) is 0 Å². The first-order valence-electron chi connectivity index (χ1n) is 4.90. The Labute approximate surface area is 89.9 Å². The summed E-state index contributed by atoms with van der Waals surface area (Å²) in [6.07, 6.45) is -2.66. The summed E-state index contributed by atoms with van der Waals surface area (Å²) in [6.45, 7) is 3.80. The number of rotatable bonds is 2. The summed E-state index contributed by atoms with van der Waals surface area (Å²) in [5.41, 5.74) is -0.592. The molecule has 2 rings (SSSR count). The first-order valence-corrected chi connectivity index (χ1v) is 4.90. The van der Waals surface area contributed by atoms with E-state index in [2.05, 4.69) is 10.1 Å². The molecule has 1 N–H and O–H groups in total. The molecule has 0 aliphatic carbocycles. The second-order valence-corrected chi connectivity index (χ2v) is 3.88. The average Bonchev–Trinajstić information content (AvgIpc) is 2.61. The molecule has 0 aromatic carbocycles. The molecular weight excluding hydrogens is 216 g/mol. The fourth-order valence-electron chi connectivity index (χ4n) is 1.42. The lowest BCUT2D eigenvalue weighted by Crippen LogP contribution is -2.14. The van der Waals surface area contributed by atoms with Gasteiger partial charge in [-0.3, -0.25) is 9.89 Å². The van der Waals surface area contributed by atoms with Crippen LogP contribution in [-0.4, -0.2) is 14.6 Å².